The number of ketones is 1. The van der Waals surface area contributed by atoms with Crippen molar-refractivity contribution in [2.24, 2.45) is 0 Å². The van der Waals surface area contributed by atoms with Crippen molar-refractivity contribution >= 4 is 5.78 Å². The number of H-pyrrole nitrogens is 1. The van der Waals surface area contributed by atoms with E-state index in [9.17, 15) is 4.79 Å². The summed E-state index contributed by atoms with van der Waals surface area (Å²) in [5.74, 6) is 1.08. The fraction of sp³-hybridized carbons (Fsp3) is 0.138. The van der Waals surface area contributed by atoms with Crippen molar-refractivity contribution in [3.8, 4) is 28.3 Å². The van der Waals surface area contributed by atoms with E-state index in [0.717, 1.165) is 34.4 Å². The van der Waals surface area contributed by atoms with Gasteiger partial charge in [0.05, 0.1) is 11.3 Å². The lowest BCUT2D eigenvalue weighted by Crippen LogP contribution is -2.10. The number of benzene rings is 3. The maximum absolute atomic E-state index is 13.3. The Morgan fingerprint density at radius 2 is 1.64 bits per heavy atom. The van der Waals surface area contributed by atoms with Gasteiger partial charge in [0.15, 0.2) is 11.6 Å². The van der Waals surface area contributed by atoms with Crippen LogP contribution in [-0.2, 0) is 13.0 Å². The molecule has 0 radical (unpaired) electrons. The van der Waals surface area contributed by atoms with Crippen LogP contribution < -0.4 is 4.74 Å². The van der Waals surface area contributed by atoms with Crippen molar-refractivity contribution in [3.63, 3.8) is 0 Å². The van der Waals surface area contributed by atoms with Crippen LogP contribution in [0.4, 0.5) is 0 Å². The summed E-state index contributed by atoms with van der Waals surface area (Å²) in [6.07, 6.45) is 0.756. The van der Waals surface area contributed by atoms with Gasteiger partial charge in [-0.25, -0.2) is 5.10 Å². The van der Waals surface area contributed by atoms with Gasteiger partial charge in [-0.15, -0.1) is 5.10 Å². The molecule has 0 unspecified atom stereocenters. The van der Waals surface area contributed by atoms with Crippen molar-refractivity contribution in [1.29, 1.82) is 0 Å². The molecule has 0 amide bonds. The number of nitrogens with zero attached hydrogens (tertiary/aromatic N) is 4. The van der Waals surface area contributed by atoms with E-state index in [-0.39, 0.29) is 5.78 Å². The molecule has 5 rings (SSSR count). The molecule has 0 aliphatic carbocycles. The standard InChI is InChI=1S/C29H25N5O2/c1-3-23-17-26(27(19(2)30-23)28(35)22-9-5-4-6-10-22)36-18-20-13-15-21(16-14-20)24-11-7-8-12-25(24)29-31-33-34-32-29/h4-17H,3,18H2,1-2H3,(H,31,32,33,34). The van der Waals surface area contributed by atoms with Crippen molar-refractivity contribution in [2.75, 3.05) is 0 Å². The predicted molar refractivity (Wildman–Crippen MR) is 138 cm³/mol. The third-order valence-electron chi connectivity index (χ3n) is 6.03. The normalized spacial score (nSPS) is 10.8. The number of pyridine rings is 1. The lowest BCUT2D eigenvalue weighted by atomic mass is 9.98. The SMILES string of the molecule is CCc1cc(OCc2ccc(-c3ccccc3-c3nnn[nH]3)cc2)c(C(=O)c2ccccc2)c(C)n1. The van der Waals surface area contributed by atoms with Crippen LogP contribution in [0.15, 0.2) is 84.9 Å². The number of nitrogens with one attached hydrogen (secondary N) is 1. The summed E-state index contributed by atoms with van der Waals surface area (Å²) < 4.78 is 6.23. The topological polar surface area (TPSA) is 93.7 Å². The largest absolute Gasteiger partial charge is 0.488 e. The van der Waals surface area contributed by atoms with Crippen LogP contribution in [0, 0.1) is 6.92 Å². The molecular formula is C29H25N5O2. The lowest BCUT2D eigenvalue weighted by Gasteiger charge is -2.15. The second-order valence-corrected chi connectivity index (χ2v) is 8.40. The monoisotopic (exact) mass is 475 g/mol. The fourth-order valence-electron chi connectivity index (χ4n) is 4.17. The zero-order chi connectivity index (χ0) is 24.9. The molecule has 2 aromatic heterocycles. The molecule has 0 atom stereocenters. The number of aryl methyl sites for hydroxylation is 2. The first-order chi connectivity index (χ1) is 17.6. The van der Waals surface area contributed by atoms with E-state index in [0.29, 0.717) is 35.0 Å². The Bertz CT molecular complexity index is 1480. The van der Waals surface area contributed by atoms with Gasteiger partial charge in [-0.3, -0.25) is 9.78 Å². The van der Waals surface area contributed by atoms with Gasteiger partial charge in [0.2, 0.25) is 0 Å². The van der Waals surface area contributed by atoms with E-state index in [4.69, 9.17) is 4.74 Å². The van der Waals surface area contributed by atoms with Crippen LogP contribution in [0.5, 0.6) is 5.75 Å². The minimum atomic E-state index is -0.0906. The second kappa shape index (κ2) is 10.3. The van der Waals surface area contributed by atoms with E-state index in [1.165, 1.54) is 0 Å². The first-order valence-electron chi connectivity index (χ1n) is 11.8. The van der Waals surface area contributed by atoms with E-state index < -0.39 is 0 Å². The maximum Gasteiger partial charge on any atom is 0.198 e. The van der Waals surface area contributed by atoms with E-state index in [1.807, 2.05) is 98.8 Å². The van der Waals surface area contributed by atoms with E-state index in [2.05, 4.69) is 25.6 Å². The number of hydrogen-bond donors (Lipinski definition) is 1. The van der Waals surface area contributed by atoms with E-state index >= 15 is 0 Å². The van der Waals surface area contributed by atoms with Gasteiger partial charge in [-0.1, -0.05) is 85.8 Å². The Kier molecular flexibility index (Phi) is 6.62. The number of rotatable bonds is 8. The number of ether oxygens (including phenoxy) is 1. The predicted octanol–water partition coefficient (Wildman–Crippen LogP) is 5.61. The maximum atomic E-state index is 13.3. The minimum absolute atomic E-state index is 0.0906. The summed E-state index contributed by atoms with van der Waals surface area (Å²) in [6.45, 7) is 4.23. The smallest absolute Gasteiger partial charge is 0.198 e. The first-order valence-corrected chi connectivity index (χ1v) is 11.8. The summed E-state index contributed by atoms with van der Waals surface area (Å²) in [5.41, 5.74) is 6.66. The highest BCUT2D eigenvalue weighted by molar-refractivity contribution is 6.11. The molecule has 7 nitrogen and oxygen atoms in total. The van der Waals surface area contributed by atoms with Gasteiger partial charge >= 0.3 is 0 Å². The van der Waals surface area contributed by atoms with Crippen LogP contribution in [0.2, 0.25) is 0 Å². The molecule has 0 aliphatic heterocycles. The van der Waals surface area contributed by atoms with Crippen LogP contribution in [0.3, 0.4) is 0 Å². The van der Waals surface area contributed by atoms with Gasteiger partial charge in [-0.2, -0.15) is 0 Å². The van der Waals surface area contributed by atoms with Gasteiger partial charge in [-0.05, 0) is 40.5 Å². The second-order valence-electron chi connectivity index (χ2n) is 8.40. The Morgan fingerprint density at radius 3 is 2.33 bits per heavy atom. The van der Waals surface area contributed by atoms with E-state index in [1.54, 1.807) is 0 Å². The van der Waals surface area contributed by atoms with Crippen LogP contribution in [0.1, 0.15) is 39.8 Å². The highest BCUT2D eigenvalue weighted by Gasteiger charge is 2.20. The molecule has 7 heteroatoms. The zero-order valence-electron chi connectivity index (χ0n) is 20.1. The molecule has 3 aromatic carbocycles. The number of aromatic amines is 1. The number of aromatic nitrogens is 5. The van der Waals surface area contributed by atoms with Crippen molar-refractivity contribution in [1.82, 2.24) is 25.6 Å². The Balaban J connectivity index is 1.40. The molecule has 178 valence electrons. The van der Waals surface area contributed by atoms with Gasteiger partial charge < -0.3 is 4.74 Å². The molecule has 0 spiro atoms. The average Bonchev–Trinajstić information content (AvgIpc) is 3.47. The van der Waals surface area contributed by atoms with Gasteiger partial charge in [0, 0.05) is 22.9 Å². The minimum Gasteiger partial charge on any atom is -0.488 e. The summed E-state index contributed by atoms with van der Waals surface area (Å²) in [4.78, 5) is 17.9. The molecule has 0 bridgehead atoms. The summed E-state index contributed by atoms with van der Waals surface area (Å²) in [5, 5.41) is 14.3. The zero-order valence-corrected chi connectivity index (χ0v) is 20.1. The van der Waals surface area contributed by atoms with Crippen LogP contribution in [0.25, 0.3) is 22.5 Å². The molecule has 2 heterocycles. The summed E-state index contributed by atoms with van der Waals surface area (Å²) >= 11 is 0. The quantitative estimate of drug-likeness (QED) is 0.293. The highest BCUT2D eigenvalue weighted by Crippen LogP contribution is 2.30. The van der Waals surface area contributed by atoms with Crippen molar-refractivity contribution in [2.45, 2.75) is 26.9 Å². The summed E-state index contributed by atoms with van der Waals surface area (Å²) in [7, 11) is 0. The fourth-order valence-corrected chi connectivity index (χ4v) is 4.17. The lowest BCUT2D eigenvalue weighted by molar-refractivity contribution is 0.103. The number of hydrogen-bond acceptors (Lipinski definition) is 6. The molecule has 1 N–H and O–H groups in total. The number of carbonyl (C=O) groups is 1. The van der Waals surface area contributed by atoms with Crippen molar-refractivity contribution < 1.29 is 9.53 Å². The van der Waals surface area contributed by atoms with Gasteiger partial charge in [0.1, 0.15) is 12.4 Å². The molecule has 0 fully saturated rings. The Labute approximate surface area is 209 Å². The Hall–Kier alpha value is -4.65. The highest BCUT2D eigenvalue weighted by atomic mass is 16.5. The molecule has 0 saturated carbocycles. The third-order valence-corrected chi connectivity index (χ3v) is 6.03. The van der Waals surface area contributed by atoms with Crippen LogP contribution in [-0.4, -0.2) is 31.4 Å². The molecule has 0 aliphatic rings. The first kappa shape index (κ1) is 23.1. The molecule has 5 aromatic rings. The molecule has 0 saturated heterocycles. The van der Waals surface area contributed by atoms with Gasteiger partial charge in [0.25, 0.3) is 0 Å². The van der Waals surface area contributed by atoms with Crippen LogP contribution >= 0.6 is 0 Å². The summed E-state index contributed by atoms with van der Waals surface area (Å²) in [6, 6.07) is 27.2. The third kappa shape index (κ3) is 4.77. The number of tetrazole rings is 1. The molecule has 36 heavy (non-hydrogen) atoms. The average molecular weight is 476 g/mol. The Morgan fingerprint density at radius 1 is 0.917 bits per heavy atom. The van der Waals surface area contributed by atoms with Crippen molar-refractivity contribution in [3.05, 3.63) is 113 Å². The molecular weight excluding hydrogens is 450 g/mol. The number of carbonyl (C=O) groups excluding carboxylic acids is 1.